The molecular formula is C24H25N3O3S. The molecule has 1 N–H and O–H groups in total. The number of carbonyl (C=O) groups is 2. The van der Waals surface area contributed by atoms with Crippen LogP contribution in [0.5, 0.6) is 0 Å². The zero-order chi connectivity index (χ0) is 21.6. The second kappa shape index (κ2) is 9.76. The summed E-state index contributed by atoms with van der Waals surface area (Å²) in [6.07, 6.45) is 0. The summed E-state index contributed by atoms with van der Waals surface area (Å²) in [7, 11) is 1.65. The number of nitrogens with zero attached hydrogens (tertiary/aromatic N) is 2. The maximum absolute atomic E-state index is 12.9. The normalized spacial score (nSPS) is 13.6. The summed E-state index contributed by atoms with van der Waals surface area (Å²) in [5.41, 5.74) is 3.70. The van der Waals surface area contributed by atoms with Crippen LogP contribution < -0.4 is 10.2 Å². The average molecular weight is 436 g/mol. The summed E-state index contributed by atoms with van der Waals surface area (Å²) in [4.78, 5) is 29.8. The number of rotatable bonds is 6. The van der Waals surface area contributed by atoms with E-state index in [0.717, 1.165) is 43.1 Å². The lowest BCUT2D eigenvalue weighted by molar-refractivity contribution is -0.116. The first-order chi connectivity index (χ1) is 15.1. The molecule has 0 aliphatic carbocycles. The molecular weight excluding hydrogens is 410 g/mol. The summed E-state index contributed by atoms with van der Waals surface area (Å²) in [6.45, 7) is 3.18. The molecule has 0 bridgehead atoms. The van der Waals surface area contributed by atoms with E-state index in [-0.39, 0.29) is 18.4 Å². The summed E-state index contributed by atoms with van der Waals surface area (Å²) in [6, 6.07) is 19.5. The molecule has 3 aromatic rings. The van der Waals surface area contributed by atoms with Crippen molar-refractivity contribution in [3.63, 3.8) is 0 Å². The average Bonchev–Trinajstić information content (AvgIpc) is 3.30. The maximum Gasteiger partial charge on any atom is 0.264 e. The third-order valence-corrected chi connectivity index (χ3v) is 6.10. The highest BCUT2D eigenvalue weighted by atomic mass is 32.1. The molecule has 4 rings (SSSR count). The number of benzene rings is 2. The number of amides is 2. The fraction of sp³-hybridized carbons (Fsp3) is 0.250. The number of nitrogens with one attached hydrogen (secondary N) is 1. The molecule has 160 valence electrons. The van der Waals surface area contributed by atoms with Crippen molar-refractivity contribution in [3.8, 4) is 11.1 Å². The second-order valence-electron chi connectivity index (χ2n) is 7.39. The molecule has 1 aromatic heterocycles. The van der Waals surface area contributed by atoms with Gasteiger partial charge in [0.25, 0.3) is 5.91 Å². The number of thiophene rings is 1. The van der Waals surface area contributed by atoms with Gasteiger partial charge in [-0.2, -0.15) is 0 Å². The number of hydrogen-bond acceptors (Lipinski definition) is 5. The molecule has 1 fully saturated rings. The first kappa shape index (κ1) is 21.1. The molecule has 31 heavy (non-hydrogen) atoms. The minimum Gasteiger partial charge on any atom is -0.378 e. The number of anilines is 2. The number of likely N-dealkylation sites (N-methyl/N-ethyl adjacent to an activating group) is 1. The van der Waals surface area contributed by atoms with Gasteiger partial charge in [-0.3, -0.25) is 9.59 Å². The van der Waals surface area contributed by atoms with Crippen LogP contribution in [0.3, 0.4) is 0 Å². The Morgan fingerprint density at radius 1 is 1.03 bits per heavy atom. The van der Waals surface area contributed by atoms with E-state index in [4.69, 9.17) is 4.74 Å². The van der Waals surface area contributed by atoms with Crippen molar-refractivity contribution in [2.24, 2.45) is 0 Å². The van der Waals surface area contributed by atoms with Gasteiger partial charge in [0.15, 0.2) is 0 Å². The van der Waals surface area contributed by atoms with Crippen molar-refractivity contribution in [1.29, 1.82) is 0 Å². The van der Waals surface area contributed by atoms with E-state index in [9.17, 15) is 9.59 Å². The monoisotopic (exact) mass is 435 g/mol. The fourth-order valence-corrected chi connectivity index (χ4v) is 4.47. The molecule has 2 aromatic carbocycles. The van der Waals surface area contributed by atoms with Crippen molar-refractivity contribution in [3.05, 3.63) is 70.9 Å². The van der Waals surface area contributed by atoms with Gasteiger partial charge in [0.2, 0.25) is 5.91 Å². The van der Waals surface area contributed by atoms with E-state index in [1.54, 1.807) is 7.05 Å². The molecule has 6 nitrogen and oxygen atoms in total. The van der Waals surface area contributed by atoms with Crippen LogP contribution in [0.25, 0.3) is 11.1 Å². The van der Waals surface area contributed by atoms with Crippen molar-refractivity contribution >= 4 is 34.5 Å². The van der Waals surface area contributed by atoms with Gasteiger partial charge in [-0.25, -0.2) is 0 Å². The highest BCUT2D eigenvalue weighted by Crippen LogP contribution is 2.29. The topological polar surface area (TPSA) is 61.9 Å². The minimum absolute atomic E-state index is 0.0177. The van der Waals surface area contributed by atoms with Crippen LogP contribution in [0.15, 0.2) is 66.0 Å². The van der Waals surface area contributed by atoms with Gasteiger partial charge in [0, 0.05) is 37.1 Å². The van der Waals surface area contributed by atoms with Gasteiger partial charge in [-0.1, -0.05) is 30.3 Å². The van der Waals surface area contributed by atoms with Crippen molar-refractivity contribution in [2.75, 3.05) is 50.1 Å². The molecule has 2 amide bonds. The van der Waals surface area contributed by atoms with Crippen LogP contribution in [0.2, 0.25) is 0 Å². The number of morpholine rings is 1. The minimum atomic E-state index is -0.229. The summed E-state index contributed by atoms with van der Waals surface area (Å²) < 4.78 is 5.38. The van der Waals surface area contributed by atoms with Crippen LogP contribution in [0, 0.1) is 0 Å². The van der Waals surface area contributed by atoms with Gasteiger partial charge in [-0.15, -0.1) is 11.3 Å². The molecule has 0 spiro atoms. The Balaban J connectivity index is 1.36. The van der Waals surface area contributed by atoms with Gasteiger partial charge in [-0.05, 0) is 41.3 Å². The molecule has 1 saturated heterocycles. The first-order valence-corrected chi connectivity index (χ1v) is 11.1. The van der Waals surface area contributed by atoms with Crippen LogP contribution in [-0.4, -0.2) is 56.6 Å². The fourth-order valence-electron chi connectivity index (χ4n) is 3.56. The molecule has 0 saturated carbocycles. The standard InChI is InChI=1S/C24H25N3O3S/c1-26(24(29)23-21(11-16-31-23)18-5-3-2-4-6-18)17-22(28)25-19-7-9-20(10-8-19)27-12-14-30-15-13-27/h2-11,16H,12-15,17H2,1H3,(H,25,28). The predicted molar refractivity (Wildman–Crippen MR) is 125 cm³/mol. The van der Waals surface area contributed by atoms with Crippen LogP contribution in [0.1, 0.15) is 9.67 Å². The van der Waals surface area contributed by atoms with E-state index in [0.29, 0.717) is 10.6 Å². The molecule has 2 heterocycles. The summed E-state index contributed by atoms with van der Waals surface area (Å²) in [5.74, 6) is -0.389. The Hall–Kier alpha value is -3.16. The van der Waals surface area contributed by atoms with Crippen molar-refractivity contribution in [1.82, 2.24) is 4.90 Å². The Morgan fingerprint density at radius 3 is 2.45 bits per heavy atom. The van der Waals surface area contributed by atoms with E-state index in [2.05, 4.69) is 10.2 Å². The van der Waals surface area contributed by atoms with Gasteiger partial charge < -0.3 is 19.9 Å². The largest absolute Gasteiger partial charge is 0.378 e. The lowest BCUT2D eigenvalue weighted by atomic mass is 10.1. The molecule has 0 unspecified atom stereocenters. The zero-order valence-electron chi connectivity index (χ0n) is 17.4. The molecule has 1 aliphatic rings. The second-order valence-corrected chi connectivity index (χ2v) is 8.30. The van der Waals surface area contributed by atoms with E-state index >= 15 is 0 Å². The lowest BCUT2D eigenvalue weighted by Crippen LogP contribution is -2.36. The highest BCUT2D eigenvalue weighted by molar-refractivity contribution is 7.12. The summed E-state index contributed by atoms with van der Waals surface area (Å²) >= 11 is 1.39. The lowest BCUT2D eigenvalue weighted by Gasteiger charge is -2.28. The Bertz CT molecular complexity index is 1030. The van der Waals surface area contributed by atoms with Crippen LogP contribution in [0.4, 0.5) is 11.4 Å². The Morgan fingerprint density at radius 2 is 1.74 bits per heavy atom. The molecule has 7 heteroatoms. The summed E-state index contributed by atoms with van der Waals surface area (Å²) in [5, 5.41) is 4.78. The van der Waals surface area contributed by atoms with Gasteiger partial charge >= 0.3 is 0 Å². The number of hydrogen-bond donors (Lipinski definition) is 1. The first-order valence-electron chi connectivity index (χ1n) is 10.2. The third kappa shape index (κ3) is 5.13. The Kier molecular flexibility index (Phi) is 6.64. The SMILES string of the molecule is CN(CC(=O)Nc1ccc(N2CCOCC2)cc1)C(=O)c1sccc1-c1ccccc1. The van der Waals surface area contributed by atoms with Gasteiger partial charge in [0.05, 0.1) is 24.6 Å². The van der Waals surface area contributed by atoms with E-state index < -0.39 is 0 Å². The molecule has 1 aliphatic heterocycles. The van der Waals surface area contributed by atoms with E-state index in [1.807, 2.05) is 66.0 Å². The molecule has 0 atom stereocenters. The number of carbonyl (C=O) groups excluding carboxylic acids is 2. The molecule has 0 radical (unpaired) electrons. The van der Waals surface area contributed by atoms with Crippen LogP contribution in [-0.2, 0) is 9.53 Å². The smallest absolute Gasteiger partial charge is 0.264 e. The van der Waals surface area contributed by atoms with E-state index in [1.165, 1.54) is 16.2 Å². The predicted octanol–water partition coefficient (Wildman–Crippen LogP) is 3.96. The van der Waals surface area contributed by atoms with Crippen LogP contribution >= 0.6 is 11.3 Å². The van der Waals surface area contributed by atoms with Gasteiger partial charge in [0.1, 0.15) is 0 Å². The van der Waals surface area contributed by atoms with Crippen molar-refractivity contribution in [2.45, 2.75) is 0 Å². The quantitative estimate of drug-likeness (QED) is 0.637. The third-order valence-electron chi connectivity index (χ3n) is 5.20. The number of ether oxygens (including phenoxy) is 1. The Labute approximate surface area is 186 Å². The zero-order valence-corrected chi connectivity index (χ0v) is 18.2. The van der Waals surface area contributed by atoms with Crippen molar-refractivity contribution < 1.29 is 14.3 Å². The highest BCUT2D eigenvalue weighted by Gasteiger charge is 2.20. The maximum atomic E-state index is 12.9.